The van der Waals surface area contributed by atoms with E-state index >= 15 is 0 Å². The Morgan fingerprint density at radius 1 is 1.35 bits per heavy atom. The number of rotatable bonds is 3. The molecule has 0 spiro atoms. The summed E-state index contributed by atoms with van der Waals surface area (Å²) in [7, 11) is 0. The molecule has 0 aliphatic heterocycles. The molecule has 2 aromatic rings. The van der Waals surface area contributed by atoms with E-state index in [1.54, 1.807) is 25.3 Å². The number of aromatic nitrogens is 3. The highest BCUT2D eigenvalue weighted by Gasteiger charge is 2.10. The van der Waals surface area contributed by atoms with Gasteiger partial charge in [-0.05, 0) is 24.8 Å². The van der Waals surface area contributed by atoms with Gasteiger partial charge in [-0.1, -0.05) is 6.07 Å². The van der Waals surface area contributed by atoms with Gasteiger partial charge in [0, 0.05) is 24.0 Å². The first kappa shape index (κ1) is 11.8. The lowest BCUT2D eigenvalue weighted by Gasteiger charge is -2.09. The van der Waals surface area contributed by atoms with Crippen LogP contribution in [0.4, 0.5) is 0 Å². The number of H-pyrrole nitrogens is 1. The van der Waals surface area contributed by atoms with Gasteiger partial charge in [-0.25, -0.2) is 9.97 Å². The Hall–Kier alpha value is -1.66. The lowest BCUT2D eigenvalue weighted by Crippen LogP contribution is -2.05. The zero-order valence-electron chi connectivity index (χ0n) is 9.12. The van der Waals surface area contributed by atoms with Gasteiger partial charge in [0.2, 0.25) is 0 Å². The normalized spacial score (nSPS) is 12.4. The van der Waals surface area contributed by atoms with Crippen molar-refractivity contribution in [1.82, 2.24) is 15.0 Å². The molecule has 0 saturated carbocycles. The molecular weight excluding hydrogens is 238 g/mol. The highest BCUT2D eigenvalue weighted by atomic mass is 32.2. The second-order valence-electron chi connectivity index (χ2n) is 3.42. The van der Waals surface area contributed by atoms with Crippen LogP contribution in [0.25, 0.3) is 0 Å². The minimum absolute atomic E-state index is 0.211. The molecule has 2 N–H and O–H groups in total. The molecular formula is C11H11N3O2S. The Morgan fingerprint density at radius 2 is 2.18 bits per heavy atom. The molecule has 0 unspecified atom stereocenters. The summed E-state index contributed by atoms with van der Waals surface area (Å²) in [6, 6.07) is 4.90. The fourth-order valence-corrected chi connectivity index (χ4v) is 2.22. The van der Waals surface area contributed by atoms with Gasteiger partial charge >= 0.3 is 0 Å². The van der Waals surface area contributed by atoms with Crippen molar-refractivity contribution in [2.45, 2.75) is 23.2 Å². The van der Waals surface area contributed by atoms with Crippen LogP contribution in [0.3, 0.4) is 0 Å². The Kier molecular flexibility index (Phi) is 3.55. The van der Waals surface area contributed by atoms with E-state index in [9.17, 15) is 9.90 Å². The van der Waals surface area contributed by atoms with Crippen LogP contribution in [0.5, 0.6) is 0 Å². The van der Waals surface area contributed by atoms with E-state index < -0.39 is 6.10 Å². The van der Waals surface area contributed by atoms with Gasteiger partial charge < -0.3 is 10.1 Å². The van der Waals surface area contributed by atoms with E-state index in [1.807, 2.05) is 0 Å². The van der Waals surface area contributed by atoms with Gasteiger partial charge in [0.05, 0.1) is 6.10 Å². The number of nitrogens with zero attached hydrogens (tertiary/aromatic N) is 2. The van der Waals surface area contributed by atoms with Crippen molar-refractivity contribution in [3.8, 4) is 0 Å². The first-order chi connectivity index (χ1) is 8.16. The van der Waals surface area contributed by atoms with Crippen LogP contribution in [0.2, 0.25) is 0 Å². The molecule has 2 rings (SSSR count). The lowest BCUT2D eigenvalue weighted by molar-refractivity contribution is 0.195. The highest BCUT2D eigenvalue weighted by molar-refractivity contribution is 7.99. The molecule has 0 saturated heterocycles. The summed E-state index contributed by atoms with van der Waals surface area (Å²) in [5.41, 5.74) is 0.501. The van der Waals surface area contributed by atoms with Crippen molar-refractivity contribution in [3.63, 3.8) is 0 Å². The molecule has 0 aliphatic rings. The molecule has 2 heterocycles. The average Bonchev–Trinajstić information content (AvgIpc) is 2.29. The largest absolute Gasteiger partial charge is 0.389 e. The molecule has 1 atom stereocenters. The maximum atomic E-state index is 11.1. The van der Waals surface area contributed by atoms with Gasteiger partial charge in [-0.3, -0.25) is 4.79 Å². The van der Waals surface area contributed by atoms with Gasteiger partial charge in [-0.15, -0.1) is 0 Å². The predicted octanol–water partition coefficient (Wildman–Crippen LogP) is 1.37. The van der Waals surface area contributed by atoms with E-state index in [-0.39, 0.29) is 5.56 Å². The first-order valence-electron chi connectivity index (χ1n) is 5.03. The molecule has 5 nitrogen and oxygen atoms in total. The standard InChI is InChI=1S/C11H11N3O2S/c1-7(15)8-3-2-5-12-10(8)17-11-13-6-4-9(16)14-11/h2-7,15H,1H3,(H,13,14,16)/t7-/m0/s1. The van der Waals surface area contributed by atoms with Crippen LogP contribution in [0.15, 0.2) is 45.6 Å². The molecule has 88 valence electrons. The molecule has 2 aromatic heterocycles. The number of nitrogens with one attached hydrogen (secondary N) is 1. The Morgan fingerprint density at radius 3 is 2.88 bits per heavy atom. The topological polar surface area (TPSA) is 78.9 Å². The summed E-state index contributed by atoms with van der Waals surface area (Å²) in [5.74, 6) is 0. The average molecular weight is 249 g/mol. The van der Waals surface area contributed by atoms with Gasteiger partial charge in [0.25, 0.3) is 5.56 Å². The van der Waals surface area contributed by atoms with Crippen LogP contribution in [0, 0.1) is 0 Å². The Labute approximate surface area is 102 Å². The molecule has 0 aliphatic carbocycles. The van der Waals surface area contributed by atoms with E-state index in [0.29, 0.717) is 15.7 Å². The Balaban J connectivity index is 2.33. The van der Waals surface area contributed by atoms with Crippen LogP contribution >= 0.6 is 11.8 Å². The SMILES string of the molecule is C[C@H](O)c1cccnc1Sc1nccc(=O)[nH]1. The van der Waals surface area contributed by atoms with Crippen molar-refractivity contribution in [1.29, 1.82) is 0 Å². The van der Waals surface area contributed by atoms with Crippen molar-refractivity contribution < 1.29 is 5.11 Å². The third kappa shape index (κ3) is 2.92. The minimum atomic E-state index is -0.610. The fourth-order valence-electron chi connectivity index (χ4n) is 1.30. The number of aliphatic hydroxyl groups is 1. The quantitative estimate of drug-likeness (QED) is 0.803. The summed E-state index contributed by atoms with van der Waals surface area (Å²) in [4.78, 5) is 21.9. The predicted molar refractivity (Wildman–Crippen MR) is 63.9 cm³/mol. The van der Waals surface area contributed by atoms with Crippen LogP contribution in [-0.2, 0) is 0 Å². The maximum absolute atomic E-state index is 11.1. The van der Waals surface area contributed by atoms with Crippen LogP contribution in [-0.4, -0.2) is 20.1 Å². The van der Waals surface area contributed by atoms with Crippen LogP contribution in [0.1, 0.15) is 18.6 Å². The monoisotopic (exact) mass is 249 g/mol. The van der Waals surface area contributed by atoms with Crippen molar-refractivity contribution in [2.75, 3.05) is 0 Å². The maximum Gasteiger partial charge on any atom is 0.251 e. The van der Waals surface area contributed by atoms with E-state index in [0.717, 1.165) is 0 Å². The van der Waals surface area contributed by atoms with Crippen molar-refractivity contribution in [3.05, 3.63) is 46.5 Å². The number of aliphatic hydroxyl groups excluding tert-OH is 1. The molecule has 6 heteroatoms. The molecule has 17 heavy (non-hydrogen) atoms. The van der Waals surface area contributed by atoms with Crippen molar-refractivity contribution in [2.24, 2.45) is 0 Å². The third-order valence-corrected chi connectivity index (χ3v) is 3.03. The smallest absolute Gasteiger partial charge is 0.251 e. The molecule has 0 amide bonds. The van der Waals surface area contributed by atoms with Gasteiger partial charge in [-0.2, -0.15) is 0 Å². The minimum Gasteiger partial charge on any atom is -0.389 e. The number of aromatic amines is 1. The summed E-state index contributed by atoms with van der Waals surface area (Å²) >= 11 is 1.22. The zero-order valence-corrected chi connectivity index (χ0v) is 9.94. The van der Waals surface area contributed by atoms with E-state index in [2.05, 4.69) is 15.0 Å². The second kappa shape index (κ2) is 5.11. The third-order valence-electron chi connectivity index (χ3n) is 2.09. The van der Waals surface area contributed by atoms with Gasteiger partial charge in [0.15, 0.2) is 5.16 Å². The molecule has 0 radical (unpaired) electrons. The summed E-state index contributed by atoms with van der Waals surface area (Å²) in [6.45, 7) is 1.67. The molecule has 0 aromatic carbocycles. The van der Waals surface area contributed by atoms with Crippen molar-refractivity contribution >= 4 is 11.8 Å². The number of hydrogen-bond acceptors (Lipinski definition) is 5. The van der Waals surface area contributed by atoms with E-state index in [4.69, 9.17) is 0 Å². The summed E-state index contributed by atoms with van der Waals surface area (Å²) < 4.78 is 0. The van der Waals surface area contributed by atoms with E-state index in [1.165, 1.54) is 24.0 Å². The molecule has 0 fully saturated rings. The molecule has 0 bridgehead atoms. The highest BCUT2D eigenvalue weighted by Crippen LogP contribution is 2.28. The number of hydrogen-bond donors (Lipinski definition) is 2. The fraction of sp³-hybridized carbons (Fsp3) is 0.182. The second-order valence-corrected chi connectivity index (χ2v) is 4.39. The zero-order chi connectivity index (χ0) is 12.3. The first-order valence-corrected chi connectivity index (χ1v) is 5.84. The number of pyridine rings is 1. The Bertz CT molecular complexity index is 568. The van der Waals surface area contributed by atoms with Crippen LogP contribution < -0.4 is 5.56 Å². The summed E-state index contributed by atoms with van der Waals surface area (Å²) in [5, 5.41) is 10.7. The lowest BCUT2D eigenvalue weighted by atomic mass is 10.2. The summed E-state index contributed by atoms with van der Waals surface area (Å²) in [6.07, 6.45) is 2.46. The van der Waals surface area contributed by atoms with Gasteiger partial charge in [0.1, 0.15) is 5.03 Å².